The van der Waals surface area contributed by atoms with Gasteiger partial charge in [0.15, 0.2) is 23.3 Å². The van der Waals surface area contributed by atoms with E-state index in [4.69, 9.17) is 10.2 Å². The van der Waals surface area contributed by atoms with Crippen molar-refractivity contribution < 1.29 is 17.6 Å². The molecule has 10 heteroatoms. The fourth-order valence-corrected chi connectivity index (χ4v) is 5.87. The van der Waals surface area contributed by atoms with Crippen molar-refractivity contribution in [1.29, 1.82) is 10.5 Å². The normalized spacial score (nSPS) is 11.2. The zero-order chi connectivity index (χ0) is 29.8. The zero-order valence-electron chi connectivity index (χ0n) is 21.7. The summed E-state index contributed by atoms with van der Waals surface area (Å²) in [5.74, 6) is -6.80. The molecule has 0 atom stereocenters. The third-order valence-electron chi connectivity index (χ3n) is 7.35. The number of hydrogen-bond acceptors (Lipinski definition) is 6. The lowest BCUT2D eigenvalue weighted by atomic mass is 9.93. The number of aromatic nitrogens is 3. The highest BCUT2D eigenvalue weighted by Gasteiger charge is 2.26. The van der Waals surface area contributed by atoms with Gasteiger partial charge in [-0.1, -0.05) is 54.6 Å². The highest BCUT2D eigenvalue weighted by molar-refractivity contribution is 7.00. The molecule has 5 nitrogen and oxygen atoms in total. The van der Waals surface area contributed by atoms with Crippen LogP contribution in [0.15, 0.2) is 78.9 Å². The van der Waals surface area contributed by atoms with Crippen molar-refractivity contribution in [3.8, 4) is 45.6 Å². The van der Waals surface area contributed by atoms with E-state index in [1.165, 1.54) is 12.1 Å². The standard InChI is InChI=1S/C33H13F4N5S/c34-27-23(15-39)28(35)30(37)25(29(27)36)18-11-9-17(10-12-18)21-13-22-26(33-32(21)41-43-42-33)20-3-1-2-4-24(20)40-31(22)19-7-5-16(14-38)6-8-19/h1-13H. The molecule has 0 radical (unpaired) electrons. The summed E-state index contributed by atoms with van der Waals surface area (Å²) in [7, 11) is 0. The molecule has 5 aromatic carbocycles. The predicted molar refractivity (Wildman–Crippen MR) is 156 cm³/mol. The zero-order valence-corrected chi connectivity index (χ0v) is 22.5. The first-order valence-corrected chi connectivity index (χ1v) is 13.5. The number of nitriles is 2. The SMILES string of the molecule is N#Cc1ccc(-c2nc3ccccc3c3c2cc(-c2ccc(-c4c(F)c(F)c(C#N)c(F)c4F)cc2)c2nsnc23)cc1. The second-order valence-electron chi connectivity index (χ2n) is 9.67. The van der Waals surface area contributed by atoms with Crippen LogP contribution in [-0.2, 0) is 0 Å². The molecule has 0 fully saturated rings. The lowest BCUT2D eigenvalue weighted by molar-refractivity contribution is 0.454. The van der Waals surface area contributed by atoms with Crippen molar-refractivity contribution in [3.05, 3.63) is 113 Å². The molecule has 0 unspecified atom stereocenters. The maximum atomic E-state index is 14.7. The fraction of sp³-hybridized carbons (Fsp3) is 0. The fourth-order valence-electron chi connectivity index (χ4n) is 5.31. The number of hydrogen-bond donors (Lipinski definition) is 0. The molecule has 7 aromatic rings. The van der Waals surface area contributed by atoms with E-state index in [0.717, 1.165) is 45.0 Å². The maximum Gasteiger partial charge on any atom is 0.180 e. The van der Waals surface area contributed by atoms with Crippen molar-refractivity contribution in [2.45, 2.75) is 0 Å². The molecule has 7 rings (SSSR count). The Hall–Kier alpha value is -5.71. The Labute approximate surface area is 244 Å². The number of nitrogens with zero attached hydrogens (tertiary/aromatic N) is 5. The van der Waals surface area contributed by atoms with Crippen LogP contribution in [0.2, 0.25) is 0 Å². The van der Waals surface area contributed by atoms with Gasteiger partial charge in [0.2, 0.25) is 0 Å². The lowest BCUT2D eigenvalue weighted by Gasteiger charge is -2.14. The van der Waals surface area contributed by atoms with E-state index in [1.54, 1.807) is 24.3 Å². The van der Waals surface area contributed by atoms with Crippen LogP contribution < -0.4 is 0 Å². The predicted octanol–water partition coefficient (Wildman–Crippen LogP) is 8.69. The molecule has 0 N–H and O–H groups in total. The number of fused-ring (bicyclic) bond motifs is 5. The van der Waals surface area contributed by atoms with Crippen molar-refractivity contribution in [1.82, 2.24) is 13.7 Å². The molecule has 0 aliphatic carbocycles. The Morgan fingerprint density at radius 1 is 0.628 bits per heavy atom. The summed E-state index contributed by atoms with van der Waals surface area (Å²) < 4.78 is 67.3. The van der Waals surface area contributed by atoms with Crippen molar-refractivity contribution in [2.75, 3.05) is 0 Å². The van der Waals surface area contributed by atoms with Gasteiger partial charge in [0.1, 0.15) is 22.7 Å². The molecule has 0 aliphatic rings. The molecule has 2 aromatic heterocycles. The smallest absolute Gasteiger partial charge is 0.180 e. The van der Waals surface area contributed by atoms with E-state index in [0.29, 0.717) is 33.4 Å². The van der Waals surface area contributed by atoms with Crippen LogP contribution in [0.25, 0.3) is 66.2 Å². The van der Waals surface area contributed by atoms with Crippen molar-refractivity contribution in [3.63, 3.8) is 0 Å². The molecule has 0 bridgehead atoms. The van der Waals surface area contributed by atoms with Crippen LogP contribution in [0.4, 0.5) is 17.6 Å². The Morgan fingerprint density at radius 2 is 1.26 bits per heavy atom. The summed E-state index contributed by atoms with van der Waals surface area (Å²) >= 11 is 1.04. The van der Waals surface area contributed by atoms with Gasteiger partial charge in [-0.3, -0.25) is 0 Å². The van der Waals surface area contributed by atoms with E-state index >= 15 is 0 Å². The van der Waals surface area contributed by atoms with Gasteiger partial charge in [0, 0.05) is 27.3 Å². The Morgan fingerprint density at radius 3 is 1.93 bits per heavy atom. The molecular weight excluding hydrogens is 574 g/mol. The largest absolute Gasteiger partial charge is 0.247 e. The van der Waals surface area contributed by atoms with Gasteiger partial charge in [-0.2, -0.15) is 19.3 Å². The summed E-state index contributed by atoms with van der Waals surface area (Å²) in [6.07, 6.45) is 0. The summed E-state index contributed by atoms with van der Waals surface area (Å²) in [6.45, 7) is 0. The van der Waals surface area contributed by atoms with Gasteiger partial charge in [-0.05, 0) is 35.4 Å². The minimum atomic E-state index is -1.75. The van der Waals surface area contributed by atoms with Crippen LogP contribution in [0.5, 0.6) is 0 Å². The first-order chi connectivity index (χ1) is 20.9. The van der Waals surface area contributed by atoms with Crippen LogP contribution in [0.1, 0.15) is 11.1 Å². The second-order valence-corrected chi connectivity index (χ2v) is 10.2. The van der Waals surface area contributed by atoms with Crippen LogP contribution in [-0.4, -0.2) is 13.7 Å². The van der Waals surface area contributed by atoms with Gasteiger partial charge < -0.3 is 0 Å². The highest BCUT2D eigenvalue weighted by Crippen LogP contribution is 2.41. The number of rotatable bonds is 3. The average Bonchev–Trinajstić information content (AvgIpc) is 3.54. The molecule has 0 aliphatic heterocycles. The number of halogens is 4. The van der Waals surface area contributed by atoms with Gasteiger partial charge in [0.25, 0.3) is 0 Å². The molecular formula is C33H13F4N5S. The van der Waals surface area contributed by atoms with Gasteiger partial charge >= 0.3 is 0 Å². The van der Waals surface area contributed by atoms with Crippen molar-refractivity contribution in [2.24, 2.45) is 0 Å². The van der Waals surface area contributed by atoms with Gasteiger partial charge in [-0.25, -0.2) is 22.5 Å². The summed E-state index contributed by atoms with van der Waals surface area (Å²) in [5, 5.41) is 20.7. The molecule has 204 valence electrons. The van der Waals surface area contributed by atoms with Gasteiger partial charge in [-0.15, -0.1) is 0 Å². The topological polar surface area (TPSA) is 86.2 Å². The quantitative estimate of drug-likeness (QED) is 0.117. The van der Waals surface area contributed by atoms with Crippen LogP contribution in [0, 0.1) is 45.9 Å². The monoisotopic (exact) mass is 587 g/mol. The van der Waals surface area contributed by atoms with Crippen LogP contribution in [0.3, 0.4) is 0 Å². The number of benzene rings is 5. The minimum absolute atomic E-state index is 0.111. The first kappa shape index (κ1) is 26.2. The molecule has 2 heterocycles. The Kier molecular flexibility index (Phi) is 6.08. The van der Waals surface area contributed by atoms with E-state index in [-0.39, 0.29) is 5.56 Å². The van der Waals surface area contributed by atoms with E-state index in [9.17, 15) is 22.8 Å². The first-order valence-electron chi connectivity index (χ1n) is 12.8. The summed E-state index contributed by atoms with van der Waals surface area (Å²) in [4.78, 5) is 4.95. The third kappa shape index (κ3) is 4.00. The number of para-hydroxylation sites is 1. The Bertz CT molecular complexity index is 2320. The third-order valence-corrected chi connectivity index (χ3v) is 7.87. The second kappa shape index (κ2) is 9.98. The summed E-state index contributed by atoms with van der Waals surface area (Å²) in [6, 6.07) is 25.8. The highest BCUT2D eigenvalue weighted by atomic mass is 32.1. The van der Waals surface area contributed by atoms with E-state index in [1.807, 2.05) is 42.5 Å². The number of pyridine rings is 1. The van der Waals surface area contributed by atoms with Crippen molar-refractivity contribution >= 4 is 44.4 Å². The average molecular weight is 588 g/mol. The molecule has 0 amide bonds. The Balaban J connectivity index is 1.47. The summed E-state index contributed by atoms with van der Waals surface area (Å²) in [5.41, 5.74) is 2.90. The van der Waals surface area contributed by atoms with Gasteiger partial charge in [0.05, 0.1) is 40.1 Å². The van der Waals surface area contributed by atoms with E-state index < -0.39 is 34.4 Å². The molecule has 0 spiro atoms. The van der Waals surface area contributed by atoms with Crippen LogP contribution >= 0.6 is 11.7 Å². The molecule has 43 heavy (non-hydrogen) atoms. The maximum absolute atomic E-state index is 14.7. The molecule has 0 saturated heterocycles. The minimum Gasteiger partial charge on any atom is -0.247 e. The van der Waals surface area contributed by atoms with E-state index in [2.05, 4.69) is 14.8 Å². The lowest BCUT2D eigenvalue weighted by Crippen LogP contribution is -2.03. The molecule has 0 saturated carbocycles.